The van der Waals surface area contributed by atoms with Crippen molar-refractivity contribution in [3.8, 4) is 11.5 Å². The standard InChI is InChI=1S/C18H26N2O5S/c1-13(2)17(18(21)20-8-4-3-5-9-20)19-26(22,23)14-6-7-15-16(12-14)25-11-10-24-15/h6-7,12-13,17,19H,3-5,8-11H2,1-2H3/t17-/m0/s1. The molecule has 0 bridgehead atoms. The first-order chi connectivity index (χ1) is 12.4. The van der Waals surface area contributed by atoms with Crippen molar-refractivity contribution in [2.45, 2.75) is 44.0 Å². The van der Waals surface area contributed by atoms with E-state index in [-0.39, 0.29) is 16.7 Å². The van der Waals surface area contributed by atoms with Crippen LogP contribution in [-0.4, -0.2) is 51.6 Å². The van der Waals surface area contributed by atoms with E-state index in [0.29, 0.717) is 37.8 Å². The molecule has 0 aromatic heterocycles. The zero-order chi connectivity index (χ0) is 18.7. The highest BCUT2D eigenvalue weighted by molar-refractivity contribution is 7.89. The third kappa shape index (κ3) is 4.12. The number of piperidine rings is 1. The van der Waals surface area contributed by atoms with Crippen molar-refractivity contribution >= 4 is 15.9 Å². The SMILES string of the molecule is CC(C)[C@H](NS(=O)(=O)c1ccc2c(c1)OCCO2)C(=O)N1CCCCC1. The minimum absolute atomic E-state index is 0.0684. The summed E-state index contributed by atoms with van der Waals surface area (Å²) >= 11 is 0. The molecule has 1 N–H and O–H groups in total. The lowest BCUT2D eigenvalue weighted by atomic mass is 10.0. The van der Waals surface area contributed by atoms with Crippen molar-refractivity contribution in [2.75, 3.05) is 26.3 Å². The highest BCUT2D eigenvalue weighted by Crippen LogP contribution is 2.32. The number of sulfonamides is 1. The van der Waals surface area contributed by atoms with Crippen LogP contribution in [0.4, 0.5) is 0 Å². The average Bonchev–Trinajstić information content (AvgIpc) is 2.65. The Bertz CT molecular complexity index is 757. The molecule has 1 saturated heterocycles. The van der Waals surface area contributed by atoms with Gasteiger partial charge in [-0.25, -0.2) is 8.42 Å². The van der Waals surface area contributed by atoms with Crippen molar-refractivity contribution in [3.05, 3.63) is 18.2 Å². The van der Waals surface area contributed by atoms with Gasteiger partial charge >= 0.3 is 0 Å². The van der Waals surface area contributed by atoms with Gasteiger partial charge in [-0.15, -0.1) is 0 Å². The molecular formula is C18H26N2O5S. The molecule has 2 aliphatic heterocycles. The normalized spacial score (nSPS) is 18.7. The average molecular weight is 382 g/mol. The van der Waals surface area contributed by atoms with Crippen LogP contribution in [-0.2, 0) is 14.8 Å². The molecule has 3 rings (SSSR count). The molecule has 1 fully saturated rings. The van der Waals surface area contributed by atoms with Gasteiger partial charge in [0.15, 0.2) is 11.5 Å². The van der Waals surface area contributed by atoms with Gasteiger partial charge < -0.3 is 14.4 Å². The predicted molar refractivity (Wildman–Crippen MR) is 96.8 cm³/mol. The van der Waals surface area contributed by atoms with Gasteiger partial charge in [0.1, 0.15) is 19.3 Å². The van der Waals surface area contributed by atoms with Crippen molar-refractivity contribution < 1.29 is 22.7 Å². The molecule has 7 nitrogen and oxygen atoms in total. The zero-order valence-electron chi connectivity index (χ0n) is 15.2. The van der Waals surface area contributed by atoms with Gasteiger partial charge in [-0.3, -0.25) is 4.79 Å². The molecule has 8 heteroatoms. The topological polar surface area (TPSA) is 84.9 Å². The van der Waals surface area contributed by atoms with E-state index in [1.165, 1.54) is 12.1 Å². The third-order valence-electron chi connectivity index (χ3n) is 4.71. The largest absolute Gasteiger partial charge is 0.486 e. The van der Waals surface area contributed by atoms with Crippen LogP contribution in [0.15, 0.2) is 23.1 Å². The molecule has 1 aromatic rings. The summed E-state index contributed by atoms with van der Waals surface area (Å²) in [6.45, 7) is 5.89. The summed E-state index contributed by atoms with van der Waals surface area (Å²) in [4.78, 5) is 14.7. The van der Waals surface area contributed by atoms with Gasteiger partial charge in [0.2, 0.25) is 15.9 Å². The quantitative estimate of drug-likeness (QED) is 0.839. The molecule has 0 saturated carbocycles. The number of hydrogen-bond acceptors (Lipinski definition) is 5. The molecule has 144 valence electrons. The maximum atomic E-state index is 12.8. The lowest BCUT2D eigenvalue weighted by Gasteiger charge is -2.32. The van der Waals surface area contributed by atoms with Crippen LogP contribution in [0.25, 0.3) is 0 Å². The molecule has 0 aliphatic carbocycles. The van der Waals surface area contributed by atoms with Crippen LogP contribution >= 0.6 is 0 Å². The molecule has 2 heterocycles. The second kappa shape index (κ2) is 7.84. The van der Waals surface area contributed by atoms with Gasteiger partial charge in [0.25, 0.3) is 0 Å². The summed E-state index contributed by atoms with van der Waals surface area (Å²) in [5.74, 6) is 0.625. The minimum Gasteiger partial charge on any atom is -0.486 e. The first-order valence-corrected chi connectivity index (χ1v) is 10.6. The number of benzene rings is 1. The Kier molecular flexibility index (Phi) is 5.72. The summed E-state index contributed by atoms with van der Waals surface area (Å²) in [7, 11) is -3.85. The Morgan fingerprint density at radius 3 is 2.38 bits per heavy atom. The van der Waals surface area contributed by atoms with Crippen LogP contribution in [0.2, 0.25) is 0 Å². The van der Waals surface area contributed by atoms with E-state index in [0.717, 1.165) is 19.3 Å². The number of ether oxygens (including phenoxy) is 2. The summed E-state index contributed by atoms with van der Waals surface area (Å²) < 4.78 is 39.2. The Morgan fingerprint density at radius 2 is 1.73 bits per heavy atom. The van der Waals surface area contributed by atoms with Crippen LogP contribution in [0.5, 0.6) is 11.5 Å². The summed E-state index contributed by atoms with van der Waals surface area (Å²) in [6, 6.07) is 3.71. The fourth-order valence-corrected chi connectivity index (χ4v) is 4.56. The lowest BCUT2D eigenvalue weighted by molar-refractivity contribution is -0.134. The van der Waals surface area contributed by atoms with Gasteiger partial charge in [-0.05, 0) is 37.3 Å². The zero-order valence-corrected chi connectivity index (χ0v) is 16.0. The highest BCUT2D eigenvalue weighted by atomic mass is 32.2. The number of fused-ring (bicyclic) bond motifs is 1. The van der Waals surface area contributed by atoms with E-state index in [9.17, 15) is 13.2 Å². The van der Waals surface area contributed by atoms with Crippen LogP contribution in [0.1, 0.15) is 33.1 Å². The molecule has 1 amide bonds. The Balaban J connectivity index is 1.80. The Hall–Kier alpha value is -1.80. The molecule has 2 aliphatic rings. The van der Waals surface area contributed by atoms with E-state index in [1.54, 1.807) is 11.0 Å². The van der Waals surface area contributed by atoms with E-state index >= 15 is 0 Å². The smallest absolute Gasteiger partial charge is 0.241 e. The number of rotatable bonds is 5. The van der Waals surface area contributed by atoms with Crippen LogP contribution < -0.4 is 14.2 Å². The van der Waals surface area contributed by atoms with Gasteiger partial charge in [0.05, 0.1) is 4.90 Å². The first kappa shape index (κ1) is 19.0. The van der Waals surface area contributed by atoms with Crippen molar-refractivity contribution in [1.82, 2.24) is 9.62 Å². The van der Waals surface area contributed by atoms with E-state index < -0.39 is 16.1 Å². The minimum atomic E-state index is -3.85. The lowest BCUT2D eigenvalue weighted by Crippen LogP contribution is -2.52. The summed E-state index contributed by atoms with van der Waals surface area (Å²) in [6.07, 6.45) is 3.04. The highest BCUT2D eigenvalue weighted by Gasteiger charge is 2.32. The fraction of sp³-hybridized carbons (Fsp3) is 0.611. The maximum absolute atomic E-state index is 12.8. The predicted octanol–water partition coefficient (Wildman–Crippen LogP) is 1.77. The summed E-state index contributed by atoms with van der Waals surface area (Å²) in [5, 5.41) is 0. The number of hydrogen-bond donors (Lipinski definition) is 1. The number of nitrogens with one attached hydrogen (secondary N) is 1. The van der Waals surface area contributed by atoms with E-state index in [1.807, 2.05) is 13.8 Å². The van der Waals surface area contributed by atoms with E-state index in [4.69, 9.17) is 9.47 Å². The van der Waals surface area contributed by atoms with E-state index in [2.05, 4.69) is 4.72 Å². The van der Waals surface area contributed by atoms with Gasteiger partial charge in [-0.1, -0.05) is 13.8 Å². The fourth-order valence-electron chi connectivity index (χ4n) is 3.21. The van der Waals surface area contributed by atoms with Gasteiger partial charge in [0, 0.05) is 19.2 Å². The Morgan fingerprint density at radius 1 is 1.08 bits per heavy atom. The number of carbonyl (C=O) groups is 1. The molecule has 0 spiro atoms. The number of likely N-dealkylation sites (tertiary alicyclic amines) is 1. The molecule has 0 unspecified atom stereocenters. The number of nitrogens with zero attached hydrogens (tertiary/aromatic N) is 1. The monoisotopic (exact) mass is 382 g/mol. The van der Waals surface area contributed by atoms with Crippen LogP contribution in [0, 0.1) is 5.92 Å². The number of amides is 1. The second-order valence-electron chi connectivity index (χ2n) is 7.03. The molecule has 1 aromatic carbocycles. The molecule has 26 heavy (non-hydrogen) atoms. The van der Waals surface area contributed by atoms with Gasteiger partial charge in [-0.2, -0.15) is 4.72 Å². The van der Waals surface area contributed by atoms with Crippen LogP contribution in [0.3, 0.4) is 0 Å². The Labute approximate surface area is 154 Å². The third-order valence-corrected chi connectivity index (χ3v) is 6.15. The van der Waals surface area contributed by atoms with Crippen molar-refractivity contribution in [1.29, 1.82) is 0 Å². The molecular weight excluding hydrogens is 356 g/mol. The number of carbonyl (C=O) groups excluding carboxylic acids is 1. The molecule has 1 atom stereocenters. The van der Waals surface area contributed by atoms with Crippen molar-refractivity contribution in [2.24, 2.45) is 5.92 Å². The summed E-state index contributed by atoms with van der Waals surface area (Å²) in [5.41, 5.74) is 0. The second-order valence-corrected chi connectivity index (χ2v) is 8.75. The molecule has 0 radical (unpaired) electrons. The first-order valence-electron chi connectivity index (χ1n) is 9.09. The maximum Gasteiger partial charge on any atom is 0.241 e. The van der Waals surface area contributed by atoms with Crippen molar-refractivity contribution in [3.63, 3.8) is 0 Å².